The molecule has 154 valence electrons. The van der Waals surface area contributed by atoms with Gasteiger partial charge in [-0.3, -0.25) is 9.67 Å². The molecule has 2 aromatic heterocycles. The van der Waals surface area contributed by atoms with Crippen LogP contribution in [0.1, 0.15) is 12.8 Å². The molecule has 2 aliphatic heterocycles. The van der Waals surface area contributed by atoms with Gasteiger partial charge in [0.05, 0.1) is 23.5 Å². The highest BCUT2D eigenvalue weighted by atomic mass is 35.5. The molecule has 4 heterocycles. The number of hydrogen-bond donors (Lipinski definition) is 1. The van der Waals surface area contributed by atoms with Gasteiger partial charge in [0, 0.05) is 62.7 Å². The number of aryl methyl sites for hydroxylation is 1. The molecule has 30 heavy (non-hydrogen) atoms. The normalized spacial score (nSPS) is 17.8. The third-order valence-corrected chi connectivity index (χ3v) is 6.24. The molecule has 0 aliphatic carbocycles. The number of halogens is 1. The standard InChI is InChI=1S/C22H22ClN5O2/c1-27-13-17(10-26-27)15-2-4-16(5-3-15)18-11-24-12-19(23)20(18)28-8-6-22(7-9-28)14-25-21(29)30-22/h2-5,10-13H,6-9,14H2,1H3,(H,25,29). The molecule has 1 spiro atoms. The van der Waals surface area contributed by atoms with Crippen molar-refractivity contribution in [2.24, 2.45) is 7.05 Å². The number of nitrogens with zero attached hydrogens (tertiary/aromatic N) is 4. The lowest BCUT2D eigenvalue weighted by Gasteiger charge is -2.39. The zero-order valence-corrected chi connectivity index (χ0v) is 17.4. The van der Waals surface area contributed by atoms with Gasteiger partial charge in [-0.15, -0.1) is 0 Å². The zero-order chi connectivity index (χ0) is 20.7. The number of carbonyl (C=O) groups is 1. The molecule has 0 saturated carbocycles. The molecule has 1 aromatic carbocycles. The Hall–Kier alpha value is -3.06. The first-order valence-corrected chi connectivity index (χ1v) is 10.4. The number of carbonyl (C=O) groups excluding carboxylic acids is 1. The lowest BCUT2D eigenvalue weighted by atomic mass is 9.91. The minimum atomic E-state index is -0.390. The van der Waals surface area contributed by atoms with Crippen molar-refractivity contribution in [1.29, 1.82) is 0 Å². The topological polar surface area (TPSA) is 72.3 Å². The Morgan fingerprint density at radius 3 is 2.43 bits per heavy atom. The molecule has 1 N–H and O–H groups in total. The molecule has 0 bridgehead atoms. The Kier molecular flexibility index (Phi) is 4.62. The van der Waals surface area contributed by atoms with Crippen molar-refractivity contribution in [3.8, 4) is 22.3 Å². The summed E-state index contributed by atoms with van der Waals surface area (Å²) in [5, 5.41) is 7.65. The first-order valence-electron chi connectivity index (χ1n) is 9.98. The van der Waals surface area contributed by atoms with Crippen molar-refractivity contribution in [1.82, 2.24) is 20.1 Å². The van der Waals surface area contributed by atoms with Crippen LogP contribution < -0.4 is 10.2 Å². The van der Waals surface area contributed by atoms with Gasteiger partial charge in [0.25, 0.3) is 0 Å². The van der Waals surface area contributed by atoms with E-state index >= 15 is 0 Å². The van der Waals surface area contributed by atoms with Crippen molar-refractivity contribution in [2.75, 3.05) is 24.5 Å². The van der Waals surface area contributed by atoms with Crippen LogP contribution in [-0.2, 0) is 11.8 Å². The van der Waals surface area contributed by atoms with E-state index in [-0.39, 0.29) is 6.09 Å². The average molecular weight is 424 g/mol. The molecule has 0 radical (unpaired) electrons. The number of rotatable bonds is 3. The Morgan fingerprint density at radius 2 is 1.80 bits per heavy atom. The molecule has 0 atom stereocenters. The summed E-state index contributed by atoms with van der Waals surface area (Å²) >= 11 is 6.60. The van der Waals surface area contributed by atoms with Crippen LogP contribution in [0.15, 0.2) is 49.1 Å². The molecule has 0 unspecified atom stereocenters. The van der Waals surface area contributed by atoms with E-state index in [1.54, 1.807) is 10.9 Å². The number of alkyl carbamates (subject to hydrolysis) is 1. The molecular weight excluding hydrogens is 402 g/mol. The predicted molar refractivity (Wildman–Crippen MR) is 116 cm³/mol. The molecule has 7 nitrogen and oxygen atoms in total. The second-order valence-electron chi connectivity index (χ2n) is 7.91. The van der Waals surface area contributed by atoms with Crippen LogP contribution >= 0.6 is 11.6 Å². The number of amides is 1. The molecule has 2 saturated heterocycles. The van der Waals surface area contributed by atoms with E-state index < -0.39 is 5.60 Å². The van der Waals surface area contributed by atoms with Crippen LogP contribution in [0.25, 0.3) is 22.3 Å². The minimum absolute atomic E-state index is 0.320. The van der Waals surface area contributed by atoms with Crippen molar-refractivity contribution in [3.05, 3.63) is 54.1 Å². The van der Waals surface area contributed by atoms with Crippen molar-refractivity contribution < 1.29 is 9.53 Å². The zero-order valence-electron chi connectivity index (χ0n) is 16.6. The van der Waals surface area contributed by atoms with Gasteiger partial charge in [-0.1, -0.05) is 35.9 Å². The van der Waals surface area contributed by atoms with E-state index in [0.717, 1.165) is 53.9 Å². The van der Waals surface area contributed by atoms with E-state index in [0.29, 0.717) is 11.6 Å². The molecular formula is C22H22ClN5O2. The second-order valence-corrected chi connectivity index (χ2v) is 8.32. The summed E-state index contributed by atoms with van der Waals surface area (Å²) in [4.78, 5) is 18.1. The first kappa shape index (κ1) is 18.9. The van der Waals surface area contributed by atoms with E-state index in [1.165, 1.54) is 0 Å². The molecule has 1 amide bonds. The number of hydrogen-bond acceptors (Lipinski definition) is 5. The minimum Gasteiger partial charge on any atom is -0.441 e. The number of aromatic nitrogens is 3. The third kappa shape index (κ3) is 3.39. The number of benzene rings is 1. The van der Waals surface area contributed by atoms with Crippen molar-refractivity contribution in [3.63, 3.8) is 0 Å². The van der Waals surface area contributed by atoms with Crippen LogP contribution in [0.5, 0.6) is 0 Å². The summed E-state index contributed by atoms with van der Waals surface area (Å²) in [7, 11) is 1.91. The fourth-order valence-corrected chi connectivity index (χ4v) is 4.57. The summed E-state index contributed by atoms with van der Waals surface area (Å²) in [5.74, 6) is 0. The molecule has 2 fully saturated rings. The summed E-state index contributed by atoms with van der Waals surface area (Å²) in [5.41, 5.74) is 4.83. The van der Waals surface area contributed by atoms with Gasteiger partial charge in [-0.25, -0.2) is 4.79 Å². The van der Waals surface area contributed by atoms with Crippen LogP contribution in [0, 0.1) is 0 Å². The van der Waals surface area contributed by atoms with E-state index in [1.807, 2.05) is 25.6 Å². The predicted octanol–water partition coefficient (Wildman–Crippen LogP) is 3.88. The van der Waals surface area contributed by atoms with Crippen LogP contribution in [0.4, 0.5) is 10.5 Å². The quantitative estimate of drug-likeness (QED) is 0.692. The summed E-state index contributed by atoms with van der Waals surface area (Å²) < 4.78 is 7.34. The molecule has 2 aliphatic rings. The Bertz CT molecular complexity index is 1090. The number of anilines is 1. The van der Waals surface area contributed by atoms with E-state index in [2.05, 4.69) is 44.6 Å². The van der Waals surface area contributed by atoms with Gasteiger partial charge in [-0.2, -0.15) is 5.10 Å². The van der Waals surface area contributed by atoms with Crippen molar-refractivity contribution >= 4 is 23.4 Å². The Labute approximate surface area is 179 Å². The maximum Gasteiger partial charge on any atom is 0.407 e. The monoisotopic (exact) mass is 423 g/mol. The number of nitrogens with one attached hydrogen (secondary N) is 1. The second kappa shape index (κ2) is 7.32. The Morgan fingerprint density at radius 1 is 1.07 bits per heavy atom. The molecule has 8 heteroatoms. The Balaban J connectivity index is 1.42. The third-order valence-electron chi connectivity index (χ3n) is 5.96. The van der Waals surface area contributed by atoms with Gasteiger partial charge in [0.1, 0.15) is 5.60 Å². The first-order chi connectivity index (χ1) is 14.5. The van der Waals surface area contributed by atoms with Gasteiger partial charge in [0.15, 0.2) is 0 Å². The maximum atomic E-state index is 11.5. The highest BCUT2D eigenvalue weighted by Crippen LogP contribution is 2.40. The fraction of sp³-hybridized carbons (Fsp3) is 0.318. The number of piperidine rings is 1. The maximum absolute atomic E-state index is 11.5. The fourth-order valence-electron chi connectivity index (χ4n) is 4.29. The summed E-state index contributed by atoms with van der Waals surface area (Å²) in [6.45, 7) is 2.10. The van der Waals surface area contributed by atoms with Crippen molar-refractivity contribution in [2.45, 2.75) is 18.4 Å². The summed E-state index contributed by atoms with van der Waals surface area (Å²) in [6.07, 6.45) is 8.62. The van der Waals surface area contributed by atoms with Gasteiger partial charge in [0.2, 0.25) is 0 Å². The average Bonchev–Trinajstić information content (AvgIpc) is 3.35. The summed E-state index contributed by atoms with van der Waals surface area (Å²) in [6, 6.07) is 8.36. The van der Waals surface area contributed by atoms with E-state index in [9.17, 15) is 4.79 Å². The molecule has 3 aromatic rings. The lowest BCUT2D eigenvalue weighted by molar-refractivity contribution is 0.0367. The van der Waals surface area contributed by atoms with Crippen LogP contribution in [0.3, 0.4) is 0 Å². The van der Waals surface area contributed by atoms with Crippen LogP contribution in [0.2, 0.25) is 5.02 Å². The largest absolute Gasteiger partial charge is 0.441 e. The highest BCUT2D eigenvalue weighted by molar-refractivity contribution is 6.33. The SMILES string of the molecule is Cn1cc(-c2ccc(-c3cncc(Cl)c3N3CCC4(CC3)CNC(=O)O4)cc2)cn1. The van der Waals surface area contributed by atoms with Crippen LogP contribution in [-0.4, -0.2) is 46.1 Å². The van der Waals surface area contributed by atoms with Gasteiger partial charge in [-0.05, 0) is 11.1 Å². The molecule has 5 rings (SSSR count). The van der Waals surface area contributed by atoms with Gasteiger partial charge >= 0.3 is 6.09 Å². The number of ether oxygens (including phenoxy) is 1. The smallest absolute Gasteiger partial charge is 0.407 e. The number of pyridine rings is 1. The highest BCUT2D eigenvalue weighted by Gasteiger charge is 2.43. The van der Waals surface area contributed by atoms with Gasteiger partial charge < -0.3 is 15.0 Å². The lowest BCUT2D eigenvalue weighted by Crippen LogP contribution is -2.46. The van der Waals surface area contributed by atoms with E-state index in [4.69, 9.17) is 16.3 Å².